The minimum Gasteiger partial charge on any atom is -0.400 e. The van der Waals surface area contributed by atoms with Crippen molar-refractivity contribution in [1.82, 2.24) is 9.78 Å². The Bertz CT molecular complexity index is 479. The first-order valence-corrected chi connectivity index (χ1v) is 6.17. The molecule has 4 heteroatoms. The summed E-state index contributed by atoms with van der Waals surface area (Å²) in [5.74, 6) is 1.18. The van der Waals surface area contributed by atoms with Gasteiger partial charge in [0.05, 0.1) is 11.9 Å². The van der Waals surface area contributed by atoms with Gasteiger partial charge in [0.2, 0.25) is 0 Å². The molecule has 90 valence electrons. The smallest absolute Gasteiger partial charge is 0.0527 e. The van der Waals surface area contributed by atoms with Gasteiger partial charge in [-0.15, -0.1) is 0 Å². The van der Waals surface area contributed by atoms with Crippen molar-refractivity contribution in [1.29, 1.82) is 0 Å². The zero-order chi connectivity index (χ0) is 11.8. The molecule has 2 aliphatic rings. The van der Waals surface area contributed by atoms with Gasteiger partial charge in [0, 0.05) is 24.4 Å². The summed E-state index contributed by atoms with van der Waals surface area (Å²) in [7, 11) is 0. The lowest BCUT2D eigenvalue weighted by Crippen LogP contribution is -2.14. The molecule has 1 fully saturated rings. The third-order valence-electron chi connectivity index (χ3n) is 3.54. The molecule has 1 aromatic heterocycles. The Labute approximate surface area is 101 Å². The molecule has 4 N–H and O–H groups in total. The molecular formula is C13H18N4. The molecule has 0 spiro atoms. The van der Waals surface area contributed by atoms with Crippen molar-refractivity contribution >= 4 is 0 Å². The monoisotopic (exact) mass is 230 g/mol. The lowest BCUT2D eigenvalue weighted by atomic mass is 9.92. The van der Waals surface area contributed by atoms with Crippen LogP contribution in [0.4, 0.5) is 0 Å². The van der Waals surface area contributed by atoms with E-state index in [2.05, 4.69) is 22.1 Å². The van der Waals surface area contributed by atoms with E-state index in [4.69, 9.17) is 11.5 Å². The van der Waals surface area contributed by atoms with Gasteiger partial charge >= 0.3 is 0 Å². The molecule has 0 aliphatic heterocycles. The van der Waals surface area contributed by atoms with Crippen LogP contribution in [0, 0.1) is 5.92 Å². The minimum atomic E-state index is 0.329. The van der Waals surface area contributed by atoms with Crippen molar-refractivity contribution in [3.05, 3.63) is 41.5 Å². The fraction of sp³-hybridized carbons (Fsp3) is 0.462. The lowest BCUT2D eigenvalue weighted by molar-refractivity contribution is 0.562. The van der Waals surface area contributed by atoms with Crippen LogP contribution in [-0.4, -0.2) is 9.78 Å². The molecule has 1 unspecified atom stereocenters. The molecule has 1 saturated carbocycles. The van der Waals surface area contributed by atoms with E-state index in [0.717, 1.165) is 24.6 Å². The molecule has 0 aromatic carbocycles. The zero-order valence-electron chi connectivity index (χ0n) is 9.84. The summed E-state index contributed by atoms with van der Waals surface area (Å²) in [4.78, 5) is 0. The highest BCUT2D eigenvalue weighted by atomic mass is 15.3. The molecular weight excluding hydrogens is 212 g/mol. The van der Waals surface area contributed by atoms with Gasteiger partial charge in [-0.1, -0.05) is 6.08 Å². The highest BCUT2D eigenvalue weighted by Gasteiger charge is 2.23. The Hall–Kier alpha value is -1.71. The van der Waals surface area contributed by atoms with E-state index >= 15 is 0 Å². The van der Waals surface area contributed by atoms with Crippen LogP contribution in [0.25, 0.3) is 0 Å². The number of hydrogen-bond acceptors (Lipinski definition) is 3. The molecule has 0 amide bonds. The Morgan fingerprint density at radius 1 is 1.35 bits per heavy atom. The standard InChI is InChI=1S/C13H18N4/c14-12-4-3-10(5-13(12)15)11-6-16-17(8-11)7-9-1-2-9/h3-4,6,8-10H,1-2,5,7,14-15H2. The van der Waals surface area contributed by atoms with Crippen molar-refractivity contribution in [3.8, 4) is 0 Å². The molecule has 1 aromatic rings. The summed E-state index contributed by atoms with van der Waals surface area (Å²) in [5, 5.41) is 4.41. The topological polar surface area (TPSA) is 69.9 Å². The van der Waals surface area contributed by atoms with Gasteiger partial charge in [-0.25, -0.2) is 0 Å². The summed E-state index contributed by atoms with van der Waals surface area (Å²) in [5.41, 5.74) is 14.3. The molecule has 1 atom stereocenters. The molecule has 17 heavy (non-hydrogen) atoms. The van der Waals surface area contributed by atoms with E-state index in [9.17, 15) is 0 Å². The van der Waals surface area contributed by atoms with Crippen molar-refractivity contribution in [2.45, 2.75) is 31.7 Å². The summed E-state index contributed by atoms with van der Waals surface area (Å²) < 4.78 is 2.05. The maximum Gasteiger partial charge on any atom is 0.0527 e. The van der Waals surface area contributed by atoms with Gasteiger partial charge in [-0.2, -0.15) is 5.10 Å². The van der Waals surface area contributed by atoms with E-state index < -0.39 is 0 Å². The van der Waals surface area contributed by atoms with Crippen LogP contribution < -0.4 is 11.5 Å². The van der Waals surface area contributed by atoms with Crippen molar-refractivity contribution in [2.24, 2.45) is 17.4 Å². The summed E-state index contributed by atoms with van der Waals surface area (Å²) in [6.45, 7) is 1.06. The van der Waals surface area contributed by atoms with Crippen molar-refractivity contribution in [3.63, 3.8) is 0 Å². The molecule has 3 rings (SSSR count). The number of allylic oxidation sites excluding steroid dienone is 3. The van der Waals surface area contributed by atoms with Crippen LogP contribution in [0.1, 0.15) is 30.7 Å². The number of nitrogens with zero attached hydrogens (tertiary/aromatic N) is 2. The van der Waals surface area contributed by atoms with Crippen LogP contribution in [0.3, 0.4) is 0 Å². The van der Waals surface area contributed by atoms with Gasteiger partial charge in [0.1, 0.15) is 0 Å². The number of rotatable bonds is 3. The molecule has 0 saturated heterocycles. The molecule has 4 nitrogen and oxygen atoms in total. The normalized spacial score (nSPS) is 24.4. The summed E-state index contributed by atoms with van der Waals surface area (Å²) in [6.07, 6.45) is 11.6. The van der Waals surface area contributed by atoms with Crippen LogP contribution in [0.5, 0.6) is 0 Å². The molecule has 1 heterocycles. The fourth-order valence-electron chi connectivity index (χ4n) is 2.21. The average molecular weight is 230 g/mol. The van der Waals surface area contributed by atoms with E-state index in [-0.39, 0.29) is 0 Å². The summed E-state index contributed by atoms with van der Waals surface area (Å²) in [6, 6.07) is 0. The average Bonchev–Trinajstić information content (AvgIpc) is 2.99. The first-order chi connectivity index (χ1) is 8.22. The maximum absolute atomic E-state index is 5.88. The molecule has 0 bridgehead atoms. The number of hydrogen-bond donors (Lipinski definition) is 2. The van der Waals surface area contributed by atoms with Gasteiger partial charge < -0.3 is 11.5 Å². The van der Waals surface area contributed by atoms with Crippen molar-refractivity contribution in [2.75, 3.05) is 0 Å². The number of aromatic nitrogens is 2. The van der Waals surface area contributed by atoms with E-state index in [1.165, 1.54) is 18.4 Å². The quantitative estimate of drug-likeness (QED) is 0.826. The first-order valence-electron chi connectivity index (χ1n) is 6.17. The van der Waals surface area contributed by atoms with Gasteiger partial charge in [0.15, 0.2) is 0 Å². The second kappa shape index (κ2) is 3.95. The van der Waals surface area contributed by atoms with Crippen LogP contribution in [0.2, 0.25) is 0 Å². The SMILES string of the molecule is NC1=C(N)CC(c2cnn(CC3CC3)c2)C=C1. The largest absolute Gasteiger partial charge is 0.400 e. The molecule has 0 radical (unpaired) electrons. The van der Waals surface area contributed by atoms with Crippen LogP contribution in [-0.2, 0) is 6.54 Å². The lowest BCUT2D eigenvalue weighted by Gasteiger charge is -2.16. The second-order valence-electron chi connectivity index (χ2n) is 5.09. The predicted molar refractivity (Wildman–Crippen MR) is 66.8 cm³/mol. The minimum absolute atomic E-state index is 0.329. The van der Waals surface area contributed by atoms with Gasteiger partial charge in [0.25, 0.3) is 0 Å². The Morgan fingerprint density at radius 3 is 2.88 bits per heavy atom. The second-order valence-corrected chi connectivity index (χ2v) is 5.09. The third kappa shape index (κ3) is 2.20. The third-order valence-corrected chi connectivity index (χ3v) is 3.54. The van der Waals surface area contributed by atoms with E-state index in [1.807, 2.05) is 12.3 Å². The highest BCUT2D eigenvalue weighted by molar-refractivity contribution is 5.33. The van der Waals surface area contributed by atoms with E-state index in [0.29, 0.717) is 11.6 Å². The molecule has 2 aliphatic carbocycles. The van der Waals surface area contributed by atoms with Crippen LogP contribution >= 0.6 is 0 Å². The van der Waals surface area contributed by atoms with E-state index in [1.54, 1.807) is 0 Å². The van der Waals surface area contributed by atoms with Crippen LogP contribution in [0.15, 0.2) is 35.9 Å². The fourth-order valence-corrected chi connectivity index (χ4v) is 2.21. The first kappa shape index (κ1) is 10.4. The summed E-state index contributed by atoms with van der Waals surface area (Å²) >= 11 is 0. The highest BCUT2D eigenvalue weighted by Crippen LogP contribution is 2.31. The predicted octanol–water partition coefficient (Wildman–Crippen LogP) is 1.47. The maximum atomic E-state index is 5.88. The Balaban J connectivity index is 1.72. The van der Waals surface area contributed by atoms with Gasteiger partial charge in [-0.05, 0) is 36.8 Å². The van der Waals surface area contributed by atoms with Crippen molar-refractivity contribution < 1.29 is 0 Å². The Kier molecular flexibility index (Phi) is 2.42. The number of nitrogens with two attached hydrogens (primary N) is 2. The zero-order valence-corrected chi connectivity index (χ0v) is 9.84. The Morgan fingerprint density at radius 2 is 2.18 bits per heavy atom. The van der Waals surface area contributed by atoms with Gasteiger partial charge in [-0.3, -0.25) is 4.68 Å².